The van der Waals surface area contributed by atoms with Gasteiger partial charge in [-0.25, -0.2) is 4.39 Å². The van der Waals surface area contributed by atoms with Crippen LogP contribution in [0.3, 0.4) is 0 Å². The summed E-state index contributed by atoms with van der Waals surface area (Å²) >= 11 is 3.69. The molecule has 0 amide bonds. The van der Waals surface area contributed by atoms with Gasteiger partial charge in [-0.15, -0.1) is 0 Å². The molecular weight excluding hydrogens is 291 g/mol. The lowest BCUT2D eigenvalue weighted by molar-refractivity contribution is 0.625. The van der Waals surface area contributed by atoms with Crippen molar-refractivity contribution in [2.75, 3.05) is 0 Å². The Morgan fingerprint density at radius 1 is 1.06 bits per heavy atom. The fourth-order valence-electron chi connectivity index (χ4n) is 2.18. The molecule has 0 saturated heterocycles. The first kappa shape index (κ1) is 13.3. The van der Waals surface area contributed by atoms with Gasteiger partial charge in [-0.3, -0.25) is 0 Å². The van der Waals surface area contributed by atoms with Gasteiger partial charge in [0.05, 0.1) is 0 Å². The maximum absolute atomic E-state index is 13.1. The zero-order valence-electron chi connectivity index (χ0n) is 10.6. The molecule has 0 aliphatic rings. The molecule has 94 valence electrons. The monoisotopic (exact) mass is 306 g/mol. The van der Waals surface area contributed by atoms with Gasteiger partial charge in [0.15, 0.2) is 0 Å². The average Bonchev–Trinajstić information content (AvgIpc) is 2.27. The Kier molecular flexibility index (Phi) is 4.18. The lowest BCUT2D eigenvalue weighted by Crippen LogP contribution is -1.97. The minimum absolute atomic E-state index is 0.173. The summed E-state index contributed by atoms with van der Waals surface area (Å²) < 4.78 is 13.1. The van der Waals surface area contributed by atoms with Crippen LogP contribution in [0.2, 0.25) is 0 Å². The number of halogens is 2. The summed E-state index contributed by atoms with van der Waals surface area (Å²) in [4.78, 5) is 0.220. The molecule has 2 rings (SSSR count). The molecule has 0 spiro atoms. The Hall–Kier alpha value is -1.15. The molecule has 0 radical (unpaired) electrons. The minimum Gasteiger partial charge on any atom is -0.207 e. The maximum atomic E-state index is 13.1. The summed E-state index contributed by atoms with van der Waals surface area (Å²) in [6.07, 6.45) is 0.792. The molecule has 0 N–H and O–H groups in total. The fraction of sp³-hybridized carbons (Fsp3) is 0.250. The molecule has 0 aliphatic carbocycles. The van der Waals surface area contributed by atoms with Crippen molar-refractivity contribution in [3.63, 3.8) is 0 Å². The van der Waals surface area contributed by atoms with Crippen LogP contribution < -0.4 is 0 Å². The summed E-state index contributed by atoms with van der Waals surface area (Å²) in [7, 11) is 0. The molecular formula is C16H16BrF. The largest absolute Gasteiger partial charge is 0.207 e. The summed E-state index contributed by atoms with van der Waals surface area (Å²) in [5.74, 6) is -0.173. The standard InChI is InChI=1S/C16H16BrF/c1-11-6-12(2)8-14(7-11)16(17)10-13-4-3-5-15(18)9-13/h3-9,16H,10H2,1-2H3. The zero-order chi connectivity index (χ0) is 13.1. The van der Waals surface area contributed by atoms with Crippen molar-refractivity contribution in [3.05, 3.63) is 70.5 Å². The Labute approximate surface area is 116 Å². The molecule has 2 aromatic rings. The van der Waals surface area contributed by atoms with Crippen molar-refractivity contribution in [2.45, 2.75) is 25.1 Å². The van der Waals surface area contributed by atoms with Gasteiger partial charge in [0.2, 0.25) is 0 Å². The SMILES string of the molecule is Cc1cc(C)cc(C(Br)Cc2cccc(F)c2)c1. The maximum Gasteiger partial charge on any atom is 0.123 e. The summed E-state index contributed by atoms with van der Waals surface area (Å²) in [6.45, 7) is 4.19. The van der Waals surface area contributed by atoms with Gasteiger partial charge >= 0.3 is 0 Å². The first-order chi connectivity index (χ1) is 8.54. The number of rotatable bonds is 3. The number of alkyl halides is 1. The van der Waals surface area contributed by atoms with E-state index < -0.39 is 0 Å². The van der Waals surface area contributed by atoms with Crippen LogP contribution >= 0.6 is 15.9 Å². The van der Waals surface area contributed by atoms with Gasteiger partial charge in [0.1, 0.15) is 5.82 Å². The number of hydrogen-bond acceptors (Lipinski definition) is 0. The topological polar surface area (TPSA) is 0 Å². The highest BCUT2D eigenvalue weighted by Crippen LogP contribution is 2.28. The predicted octanol–water partition coefficient (Wildman–Crippen LogP) is 5.12. The molecule has 18 heavy (non-hydrogen) atoms. The third-order valence-electron chi connectivity index (χ3n) is 2.91. The second kappa shape index (κ2) is 5.66. The Balaban J connectivity index is 2.19. The van der Waals surface area contributed by atoms with Crippen LogP contribution in [0.4, 0.5) is 4.39 Å². The van der Waals surface area contributed by atoms with Gasteiger partial charge in [-0.05, 0) is 43.5 Å². The number of benzene rings is 2. The second-order valence-electron chi connectivity index (χ2n) is 4.72. The normalized spacial score (nSPS) is 12.4. The van der Waals surface area contributed by atoms with E-state index in [0.717, 1.165) is 12.0 Å². The van der Waals surface area contributed by atoms with Crippen LogP contribution in [0.25, 0.3) is 0 Å². The quantitative estimate of drug-likeness (QED) is 0.690. The van der Waals surface area contributed by atoms with E-state index in [1.54, 1.807) is 12.1 Å². The zero-order valence-corrected chi connectivity index (χ0v) is 12.2. The molecule has 0 aliphatic heterocycles. The minimum atomic E-state index is -0.173. The van der Waals surface area contributed by atoms with Crippen molar-refractivity contribution in [1.82, 2.24) is 0 Å². The molecule has 1 atom stereocenters. The van der Waals surface area contributed by atoms with E-state index in [0.29, 0.717) is 0 Å². The lowest BCUT2D eigenvalue weighted by Gasteiger charge is -2.12. The Bertz CT molecular complexity index is 528. The van der Waals surface area contributed by atoms with Crippen LogP contribution in [0.1, 0.15) is 27.1 Å². The summed E-state index contributed by atoms with van der Waals surface area (Å²) in [6, 6.07) is 13.3. The highest BCUT2D eigenvalue weighted by Gasteiger charge is 2.09. The average molecular weight is 307 g/mol. The van der Waals surface area contributed by atoms with Crippen LogP contribution in [0, 0.1) is 19.7 Å². The van der Waals surface area contributed by atoms with Crippen molar-refractivity contribution in [2.24, 2.45) is 0 Å². The van der Waals surface area contributed by atoms with Gasteiger partial charge in [-0.1, -0.05) is 57.4 Å². The van der Waals surface area contributed by atoms with Crippen LogP contribution in [-0.4, -0.2) is 0 Å². The second-order valence-corrected chi connectivity index (χ2v) is 5.83. The molecule has 0 heterocycles. The van der Waals surface area contributed by atoms with Crippen molar-refractivity contribution in [3.8, 4) is 0 Å². The van der Waals surface area contributed by atoms with Crippen LogP contribution in [-0.2, 0) is 6.42 Å². The van der Waals surface area contributed by atoms with E-state index in [4.69, 9.17) is 0 Å². The van der Waals surface area contributed by atoms with Gasteiger partial charge in [0.25, 0.3) is 0 Å². The first-order valence-electron chi connectivity index (χ1n) is 6.01. The predicted molar refractivity (Wildman–Crippen MR) is 77.7 cm³/mol. The number of hydrogen-bond donors (Lipinski definition) is 0. The summed E-state index contributed by atoms with van der Waals surface area (Å²) in [5, 5.41) is 0. The van der Waals surface area contributed by atoms with Gasteiger partial charge in [-0.2, -0.15) is 0 Å². The molecule has 0 fully saturated rings. The lowest BCUT2D eigenvalue weighted by atomic mass is 10.0. The van der Waals surface area contributed by atoms with Crippen molar-refractivity contribution >= 4 is 15.9 Å². The number of aryl methyl sites for hydroxylation is 2. The van der Waals surface area contributed by atoms with Crippen molar-refractivity contribution in [1.29, 1.82) is 0 Å². The molecule has 1 unspecified atom stereocenters. The molecule has 0 bridgehead atoms. The Morgan fingerprint density at radius 2 is 1.72 bits per heavy atom. The Morgan fingerprint density at radius 3 is 2.33 bits per heavy atom. The molecule has 0 nitrogen and oxygen atoms in total. The molecule has 2 aromatic carbocycles. The van der Waals surface area contributed by atoms with E-state index in [9.17, 15) is 4.39 Å². The van der Waals surface area contributed by atoms with Crippen LogP contribution in [0.5, 0.6) is 0 Å². The molecule has 2 heteroatoms. The molecule has 0 aromatic heterocycles. The van der Waals surface area contributed by atoms with E-state index in [-0.39, 0.29) is 10.6 Å². The van der Waals surface area contributed by atoms with E-state index >= 15 is 0 Å². The van der Waals surface area contributed by atoms with Gasteiger partial charge < -0.3 is 0 Å². The highest BCUT2D eigenvalue weighted by molar-refractivity contribution is 9.09. The first-order valence-corrected chi connectivity index (χ1v) is 6.93. The van der Waals surface area contributed by atoms with Crippen molar-refractivity contribution < 1.29 is 4.39 Å². The van der Waals surface area contributed by atoms with E-state index in [1.165, 1.54) is 22.8 Å². The van der Waals surface area contributed by atoms with Crippen LogP contribution in [0.15, 0.2) is 42.5 Å². The third-order valence-corrected chi connectivity index (χ3v) is 3.76. The smallest absolute Gasteiger partial charge is 0.123 e. The van der Waals surface area contributed by atoms with E-state index in [2.05, 4.69) is 48.0 Å². The van der Waals surface area contributed by atoms with E-state index in [1.807, 2.05) is 6.07 Å². The van der Waals surface area contributed by atoms with Gasteiger partial charge in [0, 0.05) is 4.83 Å². The molecule has 0 saturated carbocycles. The fourth-order valence-corrected chi connectivity index (χ4v) is 2.82. The highest BCUT2D eigenvalue weighted by atomic mass is 79.9. The summed E-state index contributed by atoms with van der Waals surface area (Å²) in [5.41, 5.74) is 4.77. The third kappa shape index (κ3) is 3.42.